The molecule has 2 aromatic rings. The molecule has 4 N–H and O–H groups in total. The SMILES string of the molecule is CN(Cc1oc2ccccc2c1C(=O)NN)C(C)(C)CO. The first-order chi connectivity index (χ1) is 9.90. The van der Waals surface area contributed by atoms with E-state index in [1.807, 2.05) is 50.1 Å². The van der Waals surface area contributed by atoms with Gasteiger partial charge in [0.2, 0.25) is 0 Å². The molecule has 1 heterocycles. The van der Waals surface area contributed by atoms with Crippen molar-refractivity contribution < 1.29 is 14.3 Å². The van der Waals surface area contributed by atoms with Gasteiger partial charge >= 0.3 is 0 Å². The third-order valence-corrected chi connectivity index (χ3v) is 3.83. The summed E-state index contributed by atoms with van der Waals surface area (Å²) in [6, 6.07) is 7.32. The summed E-state index contributed by atoms with van der Waals surface area (Å²) in [6.07, 6.45) is 0. The molecular formula is C15H21N3O3. The average molecular weight is 291 g/mol. The number of aliphatic hydroxyl groups is 1. The van der Waals surface area contributed by atoms with E-state index in [1.54, 1.807) is 0 Å². The predicted octanol–water partition coefficient (Wildman–Crippen LogP) is 1.24. The normalized spacial score (nSPS) is 12.1. The van der Waals surface area contributed by atoms with Crippen LogP contribution in [-0.4, -0.2) is 35.1 Å². The van der Waals surface area contributed by atoms with E-state index in [1.165, 1.54) is 0 Å². The number of amides is 1. The number of fused-ring (bicyclic) bond motifs is 1. The Labute approximate surface area is 123 Å². The summed E-state index contributed by atoms with van der Waals surface area (Å²) in [5.41, 5.74) is 2.82. The first-order valence-corrected chi connectivity index (χ1v) is 6.74. The molecule has 1 aromatic carbocycles. The molecule has 0 bridgehead atoms. The van der Waals surface area contributed by atoms with Gasteiger partial charge in [-0.2, -0.15) is 0 Å². The number of para-hydroxylation sites is 1. The summed E-state index contributed by atoms with van der Waals surface area (Å²) in [6.45, 7) is 4.23. The minimum absolute atomic E-state index is 0.00213. The van der Waals surface area contributed by atoms with Gasteiger partial charge in [-0.3, -0.25) is 15.1 Å². The summed E-state index contributed by atoms with van der Waals surface area (Å²) in [5, 5.41) is 10.2. The topological polar surface area (TPSA) is 91.7 Å². The van der Waals surface area contributed by atoms with Crippen molar-refractivity contribution in [2.45, 2.75) is 25.9 Å². The minimum Gasteiger partial charge on any atom is -0.459 e. The Kier molecular flexibility index (Phi) is 4.32. The van der Waals surface area contributed by atoms with E-state index >= 15 is 0 Å². The van der Waals surface area contributed by atoms with Crippen LogP contribution < -0.4 is 11.3 Å². The molecule has 1 amide bonds. The molecule has 0 unspecified atom stereocenters. The van der Waals surface area contributed by atoms with E-state index in [9.17, 15) is 9.90 Å². The minimum atomic E-state index is -0.421. The van der Waals surface area contributed by atoms with Crippen LogP contribution in [0, 0.1) is 0 Å². The highest BCUT2D eigenvalue weighted by Gasteiger charge is 2.27. The number of carbonyl (C=O) groups is 1. The fourth-order valence-electron chi connectivity index (χ4n) is 2.08. The van der Waals surface area contributed by atoms with Crippen LogP contribution >= 0.6 is 0 Å². The van der Waals surface area contributed by atoms with Crippen LogP contribution in [0.25, 0.3) is 11.0 Å². The highest BCUT2D eigenvalue weighted by molar-refractivity contribution is 6.07. The standard InChI is InChI=1S/C15H21N3O3/c1-15(2,9-19)18(3)8-12-13(14(20)17-16)10-6-4-5-7-11(10)21-12/h4-7,19H,8-9,16H2,1-3H3,(H,17,20). The summed E-state index contributed by atoms with van der Waals surface area (Å²) in [5.74, 6) is 5.42. The maximum absolute atomic E-state index is 12.0. The Morgan fingerprint density at radius 3 is 2.71 bits per heavy atom. The largest absolute Gasteiger partial charge is 0.459 e. The van der Waals surface area contributed by atoms with Gasteiger partial charge in [0, 0.05) is 10.9 Å². The number of nitrogen functional groups attached to an aromatic ring is 1. The molecule has 6 heteroatoms. The summed E-state index contributed by atoms with van der Waals surface area (Å²) >= 11 is 0. The zero-order valence-corrected chi connectivity index (χ0v) is 12.5. The zero-order valence-electron chi connectivity index (χ0n) is 12.5. The van der Waals surface area contributed by atoms with Gasteiger partial charge in [-0.15, -0.1) is 0 Å². The highest BCUT2D eigenvalue weighted by atomic mass is 16.3. The van der Waals surface area contributed by atoms with Gasteiger partial charge in [0.1, 0.15) is 11.3 Å². The molecule has 0 saturated heterocycles. The second kappa shape index (κ2) is 5.85. The summed E-state index contributed by atoms with van der Waals surface area (Å²) in [7, 11) is 1.87. The first kappa shape index (κ1) is 15.5. The number of benzene rings is 1. The molecule has 2 rings (SSSR count). The maximum atomic E-state index is 12.0. The fraction of sp³-hybridized carbons (Fsp3) is 0.400. The van der Waals surface area contributed by atoms with Crippen LogP contribution in [0.4, 0.5) is 0 Å². The smallest absolute Gasteiger partial charge is 0.269 e. The highest BCUT2D eigenvalue weighted by Crippen LogP contribution is 2.28. The van der Waals surface area contributed by atoms with Crippen LogP contribution in [0.5, 0.6) is 0 Å². The van der Waals surface area contributed by atoms with Crippen molar-refractivity contribution in [3.63, 3.8) is 0 Å². The van der Waals surface area contributed by atoms with Crippen molar-refractivity contribution >= 4 is 16.9 Å². The number of nitrogens with zero attached hydrogens (tertiary/aromatic N) is 1. The Morgan fingerprint density at radius 2 is 2.10 bits per heavy atom. The van der Waals surface area contributed by atoms with Crippen LogP contribution in [0.2, 0.25) is 0 Å². The lowest BCUT2D eigenvalue weighted by atomic mass is 10.0. The van der Waals surface area contributed by atoms with Gasteiger partial charge < -0.3 is 9.52 Å². The summed E-state index contributed by atoms with van der Waals surface area (Å²) < 4.78 is 5.79. The number of rotatable bonds is 5. The van der Waals surface area contributed by atoms with Gasteiger partial charge in [-0.1, -0.05) is 18.2 Å². The van der Waals surface area contributed by atoms with Gasteiger partial charge in [0.05, 0.1) is 18.7 Å². The van der Waals surface area contributed by atoms with E-state index in [2.05, 4.69) is 5.43 Å². The van der Waals surface area contributed by atoms with Crippen molar-refractivity contribution in [1.82, 2.24) is 10.3 Å². The second-order valence-corrected chi connectivity index (χ2v) is 5.70. The molecule has 0 aliphatic carbocycles. The van der Waals surface area contributed by atoms with Crippen molar-refractivity contribution in [2.24, 2.45) is 5.84 Å². The van der Waals surface area contributed by atoms with Gasteiger partial charge in [-0.25, -0.2) is 5.84 Å². The molecule has 0 fully saturated rings. The Balaban J connectivity index is 2.46. The monoisotopic (exact) mass is 291 g/mol. The Morgan fingerprint density at radius 1 is 1.43 bits per heavy atom. The van der Waals surface area contributed by atoms with E-state index in [-0.39, 0.29) is 12.5 Å². The molecule has 0 aliphatic heterocycles. The second-order valence-electron chi connectivity index (χ2n) is 5.70. The predicted molar refractivity (Wildman–Crippen MR) is 80.5 cm³/mol. The average Bonchev–Trinajstić information content (AvgIpc) is 2.84. The lowest BCUT2D eigenvalue weighted by Crippen LogP contribution is -2.44. The molecule has 0 spiro atoms. The quantitative estimate of drug-likeness (QED) is 0.438. The molecule has 0 atom stereocenters. The molecule has 21 heavy (non-hydrogen) atoms. The lowest BCUT2D eigenvalue weighted by molar-refractivity contribution is 0.0679. The van der Waals surface area contributed by atoms with E-state index < -0.39 is 5.54 Å². The maximum Gasteiger partial charge on any atom is 0.269 e. The number of carbonyl (C=O) groups excluding carboxylic acids is 1. The molecule has 1 aromatic heterocycles. The van der Waals surface area contributed by atoms with Crippen LogP contribution in [0.3, 0.4) is 0 Å². The van der Waals surface area contributed by atoms with Crippen molar-refractivity contribution in [3.05, 3.63) is 35.6 Å². The lowest BCUT2D eigenvalue weighted by Gasteiger charge is -2.33. The third-order valence-electron chi connectivity index (χ3n) is 3.83. The number of aliphatic hydroxyl groups excluding tert-OH is 1. The van der Waals surface area contributed by atoms with Gasteiger partial charge in [0.15, 0.2) is 0 Å². The number of hydrazine groups is 1. The van der Waals surface area contributed by atoms with E-state index in [0.717, 1.165) is 5.39 Å². The Hall–Kier alpha value is -1.89. The number of hydrogen-bond acceptors (Lipinski definition) is 5. The third kappa shape index (κ3) is 2.92. The molecule has 0 radical (unpaired) electrons. The van der Waals surface area contributed by atoms with Crippen molar-refractivity contribution in [2.75, 3.05) is 13.7 Å². The number of furan rings is 1. The van der Waals surface area contributed by atoms with Crippen LogP contribution in [-0.2, 0) is 6.54 Å². The van der Waals surface area contributed by atoms with E-state index in [0.29, 0.717) is 23.5 Å². The van der Waals surface area contributed by atoms with Gasteiger partial charge in [0.25, 0.3) is 5.91 Å². The van der Waals surface area contributed by atoms with E-state index in [4.69, 9.17) is 10.3 Å². The first-order valence-electron chi connectivity index (χ1n) is 6.74. The van der Waals surface area contributed by atoms with Crippen LogP contribution in [0.15, 0.2) is 28.7 Å². The van der Waals surface area contributed by atoms with Gasteiger partial charge in [-0.05, 0) is 27.0 Å². The zero-order chi connectivity index (χ0) is 15.6. The van der Waals surface area contributed by atoms with Crippen molar-refractivity contribution in [1.29, 1.82) is 0 Å². The summed E-state index contributed by atoms with van der Waals surface area (Å²) in [4.78, 5) is 14.0. The van der Waals surface area contributed by atoms with Crippen molar-refractivity contribution in [3.8, 4) is 0 Å². The van der Waals surface area contributed by atoms with Crippen LogP contribution in [0.1, 0.15) is 30.0 Å². The number of likely N-dealkylation sites (N-methyl/N-ethyl adjacent to an activating group) is 1. The molecule has 6 nitrogen and oxygen atoms in total. The molecule has 0 aliphatic rings. The molecule has 0 saturated carbocycles. The Bertz CT molecular complexity index is 649. The fourth-order valence-corrected chi connectivity index (χ4v) is 2.08. The molecule has 114 valence electrons. The number of nitrogens with two attached hydrogens (primary N) is 1. The molecular weight excluding hydrogens is 270 g/mol. The number of nitrogens with one attached hydrogen (secondary N) is 1. The number of hydrogen-bond donors (Lipinski definition) is 3.